The smallest absolute Gasteiger partial charge is 0.233 e. The molecule has 3 heteroatoms. The SMILES string of the molecule is O=C1CC2CCC1C(=O)N2Cc1ccccc1. The van der Waals surface area contributed by atoms with Crippen LogP contribution >= 0.6 is 0 Å². The Hall–Kier alpha value is -1.64. The third-order valence-electron chi connectivity index (χ3n) is 3.83. The number of ketones is 1. The van der Waals surface area contributed by atoms with E-state index in [0.717, 1.165) is 18.4 Å². The summed E-state index contributed by atoms with van der Waals surface area (Å²) in [6.07, 6.45) is 2.30. The van der Waals surface area contributed by atoms with Crippen LogP contribution in [0.15, 0.2) is 30.3 Å². The van der Waals surface area contributed by atoms with Crippen molar-refractivity contribution in [2.24, 2.45) is 5.92 Å². The van der Waals surface area contributed by atoms with Crippen LogP contribution in [0, 0.1) is 5.92 Å². The number of piperidine rings is 2. The number of Topliss-reactive ketones (excluding diaryl/α,β-unsaturated/α-hetero) is 1. The van der Waals surface area contributed by atoms with Gasteiger partial charge in [-0.15, -0.1) is 0 Å². The molecule has 2 saturated heterocycles. The van der Waals surface area contributed by atoms with Gasteiger partial charge in [0.15, 0.2) is 0 Å². The standard InChI is InChI=1S/C14H15NO2/c16-13-8-11-6-7-12(13)14(17)15(11)9-10-4-2-1-3-5-10/h1-5,11-12H,6-9H2. The molecule has 3 aliphatic rings. The van der Waals surface area contributed by atoms with Crippen molar-refractivity contribution >= 4 is 11.7 Å². The Morgan fingerprint density at radius 2 is 1.88 bits per heavy atom. The first-order chi connectivity index (χ1) is 8.25. The zero-order valence-corrected chi connectivity index (χ0v) is 9.63. The normalized spacial score (nSPS) is 27.6. The Labute approximate surface area is 100 Å². The number of carbonyl (C=O) groups excluding carboxylic acids is 2. The van der Waals surface area contributed by atoms with Crippen molar-refractivity contribution in [1.29, 1.82) is 0 Å². The molecule has 3 fully saturated rings. The van der Waals surface area contributed by atoms with E-state index in [0.29, 0.717) is 13.0 Å². The number of amides is 1. The first-order valence-corrected chi connectivity index (χ1v) is 6.13. The average molecular weight is 229 g/mol. The molecule has 0 spiro atoms. The van der Waals surface area contributed by atoms with Gasteiger partial charge in [0, 0.05) is 19.0 Å². The van der Waals surface area contributed by atoms with Gasteiger partial charge in [0.1, 0.15) is 5.78 Å². The zero-order chi connectivity index (χ0) is 11.8. The van der Waals surface area contributed by atoms with E-state index < -0.39 is 0 Å². The van der Waals surface area contributed by atoms with Gasteiger partial charge in [-0.25, -0.2) is 0 Å². The quantitative estimate of drug-likeness (QED) is 0.725. The fourth-order valence-corrected chi connectivity index (χ4v) is 2.89. The van der Waals surface area contributed by atoms with E-state index in [1.54, 1.807) is 0 Å². The summed E-state index contributed by atoms with van der Waals surface area (Å²) >= 11 is 0. The van der Waals surface area contributed by atoms with Gasteiger partial charge in [-0.1, -0.05) is 30.3 Å². The molecule has 2 aliphatic heterocycles. The van der Waals surface area contributed by atoms with Crippen molar-refractivity contribution in [1.82, 2.24) is 4.90 Å². The third-order valence-corrected chi connectivity index (χ3v) is 3.83. The summed E-state index contributed by atoms with van der Waals surface area (Å²) in [6.45, 7) is 0.647. The Bertz CT molecular complexity index is 455. The molecule has 0 N–H and O–H groups in total. The van der Waals surface area contributed by atoms with E-state index in [1.807, 2.05) is 35.2 Å². The van der Waals surface area contributed by atoms with E-state index >= 15 is 0 Å². The van der Waals surface area contributed by atoms with Crippen molar-refractivity contribution in [3.8, 4) is 0 Å². The van der Waals surface area contributed by atoms with Crippen molar-refractivity contribution < 1.29 is 9.59 Å². The van der Waals surface area contributed by atoms with Crippen LogP contribution in [-0.4, -0.2) is 22.6 Å². The molecule has 1 saturated carbocycles. The molecule has 2 bridgehead atoms. The van der Waals surface area contributed by atoms with Crippen LogP contribution in [-0.2, 0) is 16.1 Å². The van der Waals surface area contributed by atoms with Crippen molar-refractivity contribution in [2.75, 3.05) is 0 Å². The van der Waals surface area contributed by atoms with Crippen LogP contribution in [0.2, 0.25) is 0 Å². The summed E-state index contributed by atoms with van der Waals surface area (Å²) in [5, 5.41) is 0. The summed E-state index contributed by atoms with van der Waals surface area (Å²) in [5.74, 6) is -0.152. The molecule has 2 heterocycles. The Balaban J connectivity index is 1.81. The number of rotatable bonds is 2. The molecule has 2 atom stereocenters. The van der Waals surface area contributed by atoms with E-state index in [4.69, 9.17) is 0 Å². The molecule has 4 rings (SSSR count). The first kappa shape index (κ1) is 10.5. The molecule has 0 aromatic heterocycles. The van der Waals surface area contributed by atoms with E-state index in [2.05, 4.69) is 0 Å². The number of fused-ring (bicyclic) bond motifs is 3. The fourth-order valence-electron chi connectivity index (χ4n) is 2.89. The molecule has 1 amide bonds. The highest BCUT2D eigenvalue weighted by Crippen LogP contribution is 2.34. The zero-order valence-electron chi connectivity index (χ0n) is 9.63. The van der Waals surface area contributed by atoms with Crippen LogP contribution in [0.1, 0.15) is 24.8 Å². The molecular weight excluding hydrogens is 214 g/mol. The van der Waals surface area contributed by atoms with E-state index in [1.165, 1.54) is 0 Å². The number of nitrogens with zero attached hydrogens (tertiary/aromatic N) is 1. The summed E-state index contributed by atoms with van der Waals surface area (Å²) in [4.78, 5) is 25.6. The van der Waals surface area contributed by atoms with E-state index in [9.17, 15) is 9.59 Å². The minimum Gasteiger partial charge on any atom is -0.334 e. The second-order valence-electron chi connectivity index (χ2n) is 4.91. The van der Waals surface area contributed by atoms with Gasteiger partial charge in [-0.3, -0.25) is 9.59 Å². The highest BCUT2D eigenvalue weighted by molar-refractivity contribution is 6.04. The largest absolute Gasteiger partial charge is 0.334 e. The second kappa shape index (κ2) is 3.99. The van der Waals surface area contributed by atoms with Gasteiger partial charge in [0.2, 0.25) is 5.91 Å². The number of carbonyl (C=O) groups is 2. The maximum Gasteiger partial charge on any atom is 0.233 e. The molecular formula is C14H15NO2. The maximum atomic E-state index is 12.1. The number of benzene rings is 1. The van der Waals surface area contributed by atoms with Crippen LogP contribution in [0.25, 0.3) is 0 Å². The molecule has 1 aliphatic carbocycles. The van der Waals surface area contributed by atoms with Crippen LogP contribution < -0.4 is 0 Å². The third kappa shape index (κ3) is 1.75. The Morgan fingerprint density at radius 1 is 1.12 bits per heavy atom. The number of hydrogen-bond donors (Lipinski definition) is 0. The number of hydrogen-bond acceptors (Lipinski definition) is 2. The molecule has 1 aromatic carbocycles. The van der Waals surface area contributed by atoms with Crippen LogP contribution in [0.4, 0.5) is 0 Å². The van der Waals surface area contributed by atoms with Crippen LogP contribution in [0.3, 0.4) is 0 Å². The molecule has 88 valence electrons. The minimum absolute atomic E-state index is 0.0429. The van der Waals surface area contributed by atoms with Crippen LogP contribution in [0.5, 0.6) is 0 Å². The van der Waals surface area contributed by atoms with Gasteiger partial charge >= 0.3 is 0 Å². The lowest BCUT2D eigenvalue weighted by atomic mass is 9.78. The van der Waals surface area contributed by atoms with Crippen molar-refractivity contribution in [3.63, 3.8) is 0 Å². The molecule has 2 unspecified atom stereocenters. The van der Waals surface area contributed by atoms with Gasteiger partial charge in [0.25, 0.3) is 0 Å². The molecule has 3 nitrogen and oxygen atoms in total. The maximum absolute atomic E-state index is 12.1. The first-order valence-electron chi connectivity index (χ1n) is 6.13. The predicted octanol–water partition coefficient (Wildman–Crippen LogP) is 1.77. The summed E-state index contributed by atoms with van der Waals surface area (Å²) < 4.78 is 0. The molecule has 0 radical (unpaired) electrons. The minimum atomic E-state index is -0.344. The lowest BCUT2D eigenvalue weighted by Crippen LogP contribution is -2.55. The van der Waals surface area contributed by atoms with Gasteiger partial charge in [-0.05, 0) is 18.4 Å². The van der Waals surface area contributed by atoms with Crippen molar-refractivity contribution in [2.45, 2.75) is 31.8 Å². The van der Waals surface area contributed by atoms with Gasteiger partial charge in [-0.2, -0.15) is 0 Å². The summed E-state index contributed by atoms with van der Waals surface area (Å²) in [7, 11) is 0. The topological polar surface area (TPSA) is 37.4 Å². The lowest BCUT2D eigenvalue weighted by Gasteiger charge is -2.43. The highest BCUT2D eigenvalue weighted by Gasteiger charge is 2.45. The van der Waals surface area contributed by atoms with Gasteiger partial charge in [0.05, 0.1) is 5.92 Å². The lowest BCUT2D eigenvalue weighted by molar-refractivity contribution is -0.155. The average Bonchev–Trinajstić information content (AvgIpc) is 2.35. The van der Waals surface area contributed by atoms with Crippen molar-refractivity contribution in [3.05, 3.63) is 35.9 Å². The summed E-state index contributed by atoms with van der Waals surface area (Å²) in [5.41, 5.74) is 1.14. The Kier molecular flexibility index (Phi) is 2.46. The summed E-state index contributed by atoms with van der Waals surface area (Å²) in [6, 6.07) is 10.1. The molecule has 1 aromatic rings. The second-order valence-corrected chi connectivity index (χ2v) is 4.91. The monoisotopic (exact) mass is 229 g/mol. The van der Waals surface area contributed by atoms with E-state index in [-0.39, 0.29) is 23.7 Å². The predicted molar refractivity (Wildman–Crippen MR) is 63.1 cm³/mol. The highest BCUT2D eigenvalue weighted by atomic mass is 16.2. The van der Waals surface area contributed by atoms with Gasteiger partial charge < -0.3 is 4.90 Å². The molecule has 17 heavy (non-hydrogen) atoms. The Morgan fingerprint density at radius 3 is 2.53 bits per heavy atom. The fraction of sp³-hybridized carbons (Fsp3) is 0.429.